The molecule has 0 saturated heterocycles. The Labute approximate surface area is 324 Å². The molecule has 0 saturated carbocycles. The van der Waals surface area contributed by atoms with Crippen molar-refractivity contribution >= 4 is 103 Å². The van der Waals surface area contributed by atoms with Gasteiger partial charge in [0.05, 0.1) is 0 Å². The van der Waals surface area contributed by atoms with E-state index in [-0.39, 0.29) is 17.5 Å². The van der Waals surface area contributed by atoms with Gasteiger partial charge in [-0.1, -0.05) is 90.1 Å². The molecule has 5 aromatic carbocycles. The maximum atomic E-state index is 5.29. The van der Waals surface area contributed by atoms with E-state index in [0.29, 0.717) is 0 Å². The van der Waals surface area contributed by atoms with E-state index in [9.17, 15) is 0 Å². The number of nitrogens with zero attached hydrogens (tertiary/aromatic N) is 3. The second kappa shape index (κ2) is 11.1. The zero-order valence-corrected chi connectivity index (χ0v) is 32.9. The highest BCUT2D eigenvalue weighted by molar-refractivity contribution is 7.27. The first-order chi connectivity index (χ1) is 26.0. The summed E-state index contributed by atoms with van der Waals surface area (Å²) in [6.45, 7) is 13.6. The van der Waals surface area contributed by atoms with Crippen molar-refractivity contribution in [3.63, 3.8) is 0 Å². The normalized spacial score (nSPS) is 13.3. The molecular weight excluding hydrogens is 693 g/mol. The number of benzene rings is 5. The lowest BCUT2D eigenvalue weighted by atomic mass is 9.38. The van der Waals surface area contributed by atoms with Crippen molar-refractivity contribution in [1.82, 2.24) is 9.97 Å². The van der Waals surface area contributed by atoms with Crippen molar-refractivity contribution in [3.8, 4) is 22.3 Å². The SMILES string of the molecule is CC(C)(C)c1ccc(N(c2ccc(C(C)(C)C)cc2)c2cc3c4c(c2)-c2cccc5sc6ccnc(c6c25)B4c2nccc4sc5cccc-3c5c24)cc1. The smallest absolute Gasteiger partial charge is 0.291 e. The lowest BCUT2D eigenvalue weighted by Crippen LogP contribution is -2.55. The van der Waals surface area contributed by atoms with Crippen molar-refractivity contribution in [1.29, 1.82) is 0 Å². The fourth-order valence-electron chi connectivity index (χ4n) is 9.06. The highest BCUT2D eigenvalue weighted by Gasteiger charge is 2.40. The van der Waals surface area contributed by atoms with Gasteiger partial charge < -0.3 is 4.90 Å². The van der Waals surface area contributed by atoms with Gasteiger partial charge in [0.25, 0.3) is 6.71 Å². The number of thiophene rings is 2. The Morgan fingerprint density at radius 1 is 0.463 bits per heavy atom. The minimum Gasteiger partial charge on any atom is -0.310 e. The fraction of sp³-hybridized carbons (Fsp3) is 0.167. The summed E-state index contributed by atoms with van der Waals surface area (Å²) in [5.41, 5.74) is 14.7. The number of hydrogen-bond acceptors (Lipinski definition) is 5. The predicted molar refractivity (Wildman–Crippen MR) is 235 cm³/mol. The molecule has 0 N–H and O–H groups in total. The van der Waals surface area contributed by atoms with E-state index in [1.54, 1.807) is 0 Å². The van der Waals surface area contributed by atoms with Crippen LogP contribution in [0.4, 0.5) is 17.1 Å². The largest absolute Gasteiger partial charge is 0.310 e. The maximum Gasteiger partial charge on any atom is 0.291 e. The molecule has 0 amide bonds. The summed E-state index contributed by atoms with van der Waals surface area (Å²) in [6.07, 6.45) is 4.02. The molecule has 0 fully saturated rings. The Morgan fingerprint density at radius 2 is 0.889 bits per heavy atom. The molecular formula is C48H38BN3S2. The fourth-order valence-corrected chi connectivity index (χ4v) is 11.3. The van der Waals surface area contributed by atoms with Crippen molar-refractivity contribution in [2.75, 3.05) is 4.90 Å². The molecule has 2 aliphatic heterocycles. The van der Waals surface area contributed by atoms with Crippen molar-refractivity contribution in [2.45, 2.75) is 52.4 Å². The van der Waals surface area contributed by atoms with E-state index < -0.39 is 0 Å². The summed E-state index contributed by atoms with van der Waals surface area (Å²) in [7, 11) is 0. The molecule has 6 heteroatoms. The summed E-state index contributed by atoms with van der Waals surface area (Å²) in [5, 5.41) is 5.15. The minimum atomic E-state index is -0.127. The number of aromatic nitrogens is 2. The molecule has 3 nitrogen and oxygen atoms in total. The van der Waals surface area contributed by atoms with Crippen LogP contribution in [-0.4, -0.2) is 16.7 Å². The number of anilines is 3. The van der Waals surface area contributed by atoms with Crippen molar-refractivity contribution in [3.05, 3.63) is 133 Å². The van der Waals surface area contributed by atoms with Gasteiger partial charge in [0, 0.05) is 81.0 Å². The third-order valence-electron chi connectivity index (χ3n) is 11.7. The summed E-state index contributed by atoms with van der Waals surface area (Å²) in [5.74, 6) is 0. The van der Waals surface area contributed by atoms with E-state index in [0.717, 1.165) is 28.2 Å². The summed E-state index contributed by atoms with van der Waals surface area (Å²) < 4.78 is 5.15. The average Bonchev–Trinajstić information content (AvgIpc) is 3.67. The van der Waals surface area contributed by atoms with Gasteiger partial charge in [-0.2, -0.15) is 0 Å². The predicted octanol–water partition coefficient (Wildman–Crippen LogP) is 11.8. The maximum absolute atomic E-state index is 5.29. The Kier molecular flexibility index (Phi) is 6.63. The molecule has 0 atom stereocenters. The van der Waals surface area contributed by atoms with Crippen LogP contribution in [0.25, 0.3) is 62.6 Å². The Morgan fingerprint density at radius 3 is 1.31 bits per heavy atom. The average molecular weight is 732 g/mol. The van der Waals surface area contributed by atoms with Gasteiger partial charge in [0.2, 0.25) is 0 Å². The molecule has 9 aromatic rings. The number of fused-ring (bicyclic) bond motifs is 4. The van der Waals surface area contributed by atoms with Gasteiger partial charge in [0.1, 0.15) is 0 Å². The number of hydrogen-bond donors (Lipinski definition) is 0. The lowest BCUT2D eigenvalue weighted by molar-refractivity contribution is 0.590. The summed E-state index contributed by atoms with van der Waals surface area (Å²) in [4.78, 5) is 13.0. The Balaban J connectivity index is 1.28. The second-order valence-corrected chi connectivity index (χ2v) is 19.2. The van der Waals surface area contributed by atoms with Crippen LogP contribution in [0, 0.1) is 0 Å². The minimum absolute atomic E-state index is 0.0560. The molecule has 11 rings (SSSR count). The van der Waals surface area contributed by atoms with E-state index >= 15 is 0 Å². The first kappa shape index (κ1) is 32.2. The second-order valence-electron chi connectivity index (χ2n) is 17.0. The molecule has 6 heterocycles. The van der Waals surface area contributed by atoms with Crippen LogP contribution in [0.5, 0.6) is 0 Å². The topological polar surface area (TPSA) is 29.0 Å². The Bertz CT molecular complexity index is 2810. The van der Waals surface area contributed by atoms with Crippen molar-refractivity contribution < 1.29 is 0 Å². The molecule has 2 aliphatic rings. The molecule has 0 radical (unpaired) electrons. The Hall–Kier alpha value is -5.30. The van der Waals surface area contributed by atoms with E-state index in [2.05, 4.69) is 156 Å². The van der Waals surface area contributed by atoms with Crippen LogP contribution >= 0.6 is 22.7 Å². The third-order valence-corrected chi connectivity index (χ3v) is 13.9. The molecule has 0 bridgehead atoms. The van der Waals surface area contributed by atoms with Crippen LogP contribution in [0.3, 0.4) is 0 Å². The van der Waals surface area contributed by atoms with Crippen LogP contribution in [0.15, 0.2) is 122 Å². The zero-order valence-electron chi connectivity index (χ0n) is 31.3. The third kappa shape index (κ3) is 4.53. The molecule has 54 heavy (non-hydrogen) atoms. The summed E-state index contributed by atoms with van der Waals surface area (Å²) in [6, 6.07) is 41.4. The monoisotopic (exact) mass is 731 g/mol. The summed E-state index contributed by atoms with van der Waals surface area (Å²) >= 11 is 3.74. The molecule has 4 aromatic heterocycles. The quantitative estimate of drug-likeness (QED) is 0.169. The van der Waals surface area contributed by atoms with Crippen LogP contribution in [0.2, 0.25) is 0 Å². The van der Waals surface area contributed by atoms with Crippen molar-refractivity contribution in [2.24, 2.45) is 0 Å². The lowest BCUT2D eigenvalue weighted by Gasteiger charge is -2.30. The van der Waals surface area contributed by atoms with Gasteiger partial charge in [-0.15, -0.1) is 22.7 Å². The zero-order chi connectivity index (χ0) is 36.7. The highest BCUT2D eigenvalue weighted by atomic mass is 32.1. The molecule has 0 aliphatic carbocycles. The molecule has 0 spiro atoms. The number of rotatable bonds is 3. The van der Waals surface area contributed by atoms with Crippen LogP contribution in [0.1, 0.15) is 52.7 Å². The van der Waals surface area contributed by atoms with E-state index in [4.69, 9.17) is 9.97 Å². The standard InChI is InChI=1S/C48H38BN3S2/c1-47(2,3)27-13-17-29(18-14-27)52(30-19-15-28(16-20-30)48(4,5)6)31-25-34-32-9-7-11-36-40(32)42-38(53-36)21-23-50-45(42)49-44(34)35(26-31)33-10-8-12-37-41(33)43-39(54-37)22-24-51-46(43)49/h7-26H,1-6H3. The van der Waals surface area contributed by atoms with Gasteiger partial charge in [-0.05, 0) is 110 Å². The van der Waals surface area contributed by atoms with E-state index in [1.807, 2.05) is 35.1 Å². The van der Waals surface area contributed by atoms with Gasteiger partial charge in [0.15, 0.2) is 0 Å². The first-order valence-electron chi connectivity index (χ1n) is 18.8. The van der Waals surface area contributed by atoms with Crippen LogP contribution in [-0.2, 0) is 10.8 Å². The molecule has 0 unspecified atom stereocenters. The van der Waals surface area contributed by atoms with Crippen LogP contribution < -0.4 is 21.5 Å². The first-order valence-corrected chi connectivity index (χ1v) is 20.5. The van der Waals surface area contributed by atoms with Gasteiger partial charge in [-0.25, -0.2) is 0 Å². The van der Waals surface area contributed by atoms with Gasteiger partial charge in [-0.3, -0.25) is 9.97 Å². The number of pyridine rings is 2. The highest BCUT2D eigenvalue weighted by Crippen LogP contribution is 2.48. The van der Waals surface area contributed by atoms with Gasteiger partial charge >= 0.3 is 0 Å². The van der Waals surface area contributed by atoms with E-state index in [1.165, 1.54) is 79.2 Å². The molecule has 260 valence electrons.